The van der Waals surface area contributed by atoms with Crippen LogP contribution in [0.15, 0.2) is 24.3 Å². The van der Waals surface area contributed by atoms with E-state index in [4.69, 9.17) is 4.74 Å². The van der Waals surface area contributed by atoms with Crippen LogP contribution in [0.25, 0.3) is 0 Å². The number of piperidine rings is 1. The molecule has 1 aliphatic heterocycles. The molecule has 0 unspecified atom stereocenters. The molecule has 1 heterocycles. The summed E-state index contributed by atoms with van der Waals surface area (Å²) in [4.78, 5) is 11.3. The van der Waals surface area contributed by atoms with Crippen LogP contribution in [0.2, 0.25) is 0 Å². The number of rotatable bonds is 5. The smallest absolute Gasteiger partial charge is 0.162 e. The van der Waals surface area contributed by atoms with Crippen LogP contribution in [-0.2, 0) is 0 Å². The molecule has 0 aliphatic carbocycles. The summed E-state index contributed by atoms with van der Waals surface area (Å²) in [7, 11) is 0. The number of benzene rings is 1. The van der Waals surface area contributed by atoms with Gasteiger partial charge in [-0.2, -0.15) is 0 Å². The average Bonchev–Trinajstić information content (AvgIpc) is 2.55. The van der Waals surface area contributed by atoms with E-state index in [-0.39, 0.29) is 5.78 Å². The molecule has 0 radical (unpaired) electrons. The lowest BCUT2D eigenvalue weighted by Crippen LogP contribution is -2.21. The first-order valence-corrected chi connectivity index (χ1v) is 7.74. The van der Waals surface area contributed by atoms with Gasteiger partial charge in [-0.15, -0.1) is 0 Å². The highest BCUT2D eigenvalue weighted by Crippen LogP contribution is 2.13. The highest BCUT2D eigenvalue weighted by atomic mass is 16.5. The Morgan fingerprint density at radius 1 is 1.10 bits per heavy atom. The molecular weight excluding hydrogens is 250 g/mol. The topological polar surface area (TPSA) is 38.3 Å². The second-order valence-corrected chi connectivity index (χ2v) is 4.96. The van der Waals surface area contributed by atoms with Crippen LogP contribution < -0.4 is 10.1 Å². The molecule has 0 atom stereocenters. The molecule has 3 nitrogen and oxygen atoms in total. The maximum atomic E-state index is 11.3. The molecule has 1 aromatic rings. The largest absolute Gasteiger partial charge is 0.494 e. The molecule has 1 N–H and O–H groups in total. The molecule has 0 saturated carbocycles. The van der Waals surface area contributed by atoms with Crippen molar-refractivity contribution in [2.45, 2.75) is 46.0 Å². The number of hydrogen-bond donors (Lipinski definition) is 1. The molecular formula is C17H27NO2. The molecule has 0 spiro atoms. The average molecular weight is 277 g/mol. The molecule has 0 bridgehead atoms. The molecule has 20 heavy (non-hydrogen) atoms. The summed E-state index contributed by atoms with van der Waals surface area (Å²) < 4.78 is 5.41. The number of Topliss-reactive ketones (excluding diaryl/α,β-unsaturated/α-hetero) is 1. The van der Waals surface area contributed by atoms with Crippen LogP contribution in [0.4, 0.5) is 0 Å². The lowest BCUT2D eigenvalue weighted by molar-refractivity contribution is 0.0988. The quantitative estimate of drug-likeness (QED) is 0.831. The fourth-order valence-corrected chi connectivity index (χ4v) is 1.96. The Balaban J connectivity index is 0.000000276. The Morgan fingerprint density at radius 3 is 2.15 bits per heavy atom. The highest BCUT2D eigenvalue weighted by Gasteiger charge is 2.02. The minimum Gasteiger partial charge on any atom is -0.494 e. The predicted molar refractivity (Wildman–Crippen MR) is 83.6 cm³/mol. The van der Waals surface area contributed by atoms with E-state index in [9.17, 15) is 4.79 Å². The monoisotopic (exact) mass is 277 g/mol. The first-order valence-electron chi connectivity index (χ1n) is 7.74. The van der Waals surface area contributed by atoms with Crippen molar-refractivity contribution < 1.29 is 9.53 Å². The number of nitrogens with one attached hydrogen (secondary N) is 1. The second-order valence-electron chi connectivity index (χ2n) is 4.96. The Bertz CT molecular complexity index is 358. The van der Waals surface area contributed by atoms with Gasteiger partial charge in [0.2, 0.25) is 0 Å². The van der Waals surface area contributed by atoms with Gasteiger partial charge in [-0.1, -0.05) is 20.3 Å². The molecule has 112 valence electrons. The van der Waals surface area contributed by atoms with E-state index in [2.05, 4.69) is 12.2 Å². The molecule has 3 heteroatoms. The number of ether oxygens (including phenoxy) is 1. The third-order valence-electron chi connectivity index (χ3n) is 3.18. The van der Waals surface area contributed by atoms with Crippen LogP contribution in [0.1, 0.15) is 56.3 Å². The van der Waals surface area contributed by atoms with Crippen LogP contribution in [0.5, 0.6) is 5.75 Å². The van der Waals surface area contributed by atoms with Crippen molar-refractivity contribution in [3.63, 3.8) is 0 Å². The molecule has 0 amide bonds. The van der Waals surface area contributed by atoms with Crippen molar-refractivity contribution >= 4 is 5.78 Å². The minimum absolute atomic E-state index is 0.173. The van der Waals surface area contributed by atoms with Crippen molar-refractivity contribution in [1.82, 2.24) is 5.32 Å². The van der Waals surface area contributed by atoms with Crippen molar-refractivity contribution in [1.29, 1.82) is 0 Å². The summed E-state index contributed by atoms with van der Waals surface area (Å²) in [6, 6.07) is 7.32. The summed E-state index contributed by atoms with van der Waals surface area (Å²) in [5.74, 6) is 1.01. The fraction of sp³-hybridized carbons (Fsp3) is 0.588. The minimum atomic E-state index is 0.173. The standard InChI is InChI=1S/C12H16O2.C5H11N/c1-3-9-14-11-7-5-10(6-8-11)12(13)4-2;1-2-4-6-5-3-1/h5-8H,3-4,9H2,1-2H3;6H,1-5H2. The van der Waals surface area contributed by atoms with E-state index in [0.717, 1.165) is 24.3 Å². The van der Waals surface area contributed by atoms with Crippen molar-refractivity contribution in [2.24, 2.45) is 0 Å². The molecule has 2 rings (SSSR count). The molecule has 1 aromatic carbocycles. The van der Waals surface area contributed by atoms with Crippen molar-refractivity contribution in [3.8, 4) is 5.75 Å². The molecule has 1 saturated heterocycles. The van der Waals surface area contributed by atoms with Gasteiger partial charge in [0.1, 0.15) is 5.75 Å². The zero-order valence-corrected chi connectivity index (χ0v) is 12.8. The molecule has 1 fully saturated rings. The number of carbonyl (C=O) groups excluding carboxylic acids is 1. The number of carbonyl (C=O) groups is 1. The van der Waals surface area contributed by atoms with Gasteiger partial charge >= 0.3 is 0 Å². The Kier molecular flexibility index (Phi) is 8.72. The number of ketones is 1. The number of hydrogen-bond acceptors (Lipinski definition) is 3. The Morgan fingerprint density at radius 2 is 1.75 bits per heavy atom. The Hall–Kier alpha value is -1.35. The van der Waals surface area contributed by atoms with Crippen molar-refractivity contribution in [3.05, 3.63) is 29.8 Å². The van der Waals surface area contributed by atoms with Crippen LogP contribution >= 0.6 is 0 Å². The summed E-state index contributed by atoms with van der Waals surface area (Å²) >= 11 is 0. The first-order chi connectivity index (χ1) is 9.77. The summed E-state index contributed by atoms with van der Waals surface area (Å²) in [6.07, 6.45) is 5.76. The second kappa shape index (κ2) is 10.4. The van der Waals surface area contributed by atoms with Gasteiger partial charge in [0.15, 0.2) is 5.78 Å². The van der Waals surface area contributed by atoms with Gasteiger partial charge in [0.25, 0.3) is 0 Å². The molecule has 0 aromatic heterocycles. The van der Waals surface area contributed by atoms with Gasteiger partial charge in [-0.05, 0) is 56.6 Å². The maximum Gasteiger partial charge on any atom is 0.162 e. The predicted octanol–water partition coefficient (Wildman–Crippen LogP) is 3.83. The van der Waals surface area contributed by atoms with Gasteiger partial charge in [-0.25, -0.2) is 0 Å². The highest BCUT2D eigenvalue weighted by molar-refractivity contribution is 5.95. The van der Waals surface area contributed by atoms with E-state index < -0.39 is 0 Å². The SMILES string of the molecule is C1CCNCC1.CCCOc1ccc(C(=O)CC)cc1. The van der Waals surface area contributed by atoms with Gasteiger partial charge < -0.3 is 10.1 Å². The summed E-state index contributed by atoms with van der Waals surface area (Å²) in [6.45, 7) is 7.15. The van der Waals surface area contributed by atoms with Gasteiger partial charge in [-0.3, -0.25) is 4.79 Å². The van der Waals surface area contributed by atoms with Gasteiger partial charge in [0, 0.05) is 12.0 Å². The van der Waals surface area contributed by atoms with E-state index in [1.54, 1.807) is 0 Å². The van der Waals surface area contributed by atoms with E-state index in [0.29, 0.717) is 6.42 Å². The maximum absolute atomic E-state index is 11.3. The third-order valence-corrected chi connectivity index (χ3v) is 3.18. The van der Waals surface area contributed by atoms with Gasteiger partial charge in [0.05, 0.1) is 6.61 Å². The first kappa shape index (κ1) is 16.7. The van der Waals surface area contributed by atoms with Crippen LogP contribution in [0.3, 0.4) is 0 Å². The lowest BCUT2D eigenvalue weighted by Gasteiger charge is -2.08. The van der Waals surface area contributed by atoms with E-state index in [1.165, 1.54) is 32.4 Å². The van der Waals surface area contributed by atoms with Crippen LogP contribution in [0, 0.1) is 0 Å². The van der Waals surface area contributed by atoms with E-state index >= 15 is 0 Å². The van der Waals surface area contributed by atoms with Crippen molar-refractivity contribution in [2.75, 3.05) is 19.7 Å². The van der Waals surface area contributed by atoms with E-state index in [1.807, 2.05) is 31.2 Å². The normalized spacial score (nSPS) is 14.1. The third kappa shape index (κ3) is 6.71. The lowest BCUT2D eigenvalue weighted by atomic mass is 10.1. The molecule has 1 aliphatic rings. The zero-order valence-electron chi connectivity index (χ0n) is 12.8. The zero-order chi connectivity index (χ0) is 14.6. The summed E-state index contributed by atoms with van der Waals surface area (Å²) in [5, 5.41) is 3.28. The summed E-state index contributed by atoms with van der Waals surface area (Å²) in [5.41, 5.74) is 0.761. The fourth-order valence-electron chi connectivity index (χ4n) is 1.96. The van der Waals surface area contributed by atoms with Crippen LogP contribution in [-0.4, -0.2) is 25.5 Å². The Labute approximate surface area is 122 Å².